The van der Waals surface area contributed by atoms with Crippen LogP contribution in [0.2, 0.25) is 0 Å². The van der Waals surface area contributed by atoms with E-state index in [-0.39, 0.29) is 0 Å². The standard InChI is InChI=1S/C20H25N3O/c1-4-6-8-18-16(7-5-2)19(17(13-21)20(22)23-18)14-9-11-15(24-3)12-10-14/h9-12H,4-8H2,1-3H3,(H2,22,23). The van der Waals surface area contributed by atoms with E-state index in [1.54, 1.807) is 7.11 Å². The third-order valence-corrected chi connectivity index (χ3v) is 4.17. The van der Waals surface area contributed by atoms with Crippen molar-refractivity contribution in [2.45, 2.75) is 46.0 Å². The van der Waals surface area contributed by atoms with Gasteiger partial charge in [-0.3, -0.25) is 0 Å². The average molecular weight is 323 g/mol. The quantitative estimate of drug-likeness (QED) is 0.814. The third kappa shape index (κ3) is 3.68. The van der Waals surface area contributed by atoms with Crippen LogP contribution in [0.25, 0.3) is 11.1 Å². The van der Waals surface area contributed by atoms with Crippen molar-refractivity contribution in [2.75, 3.05) is 12.8 Å². The number of nitrogen functional groups attached to an aromatic ring is 1. The van der Waals surface area contributed by atoms with Gasteiger partial charge in [-0.1, -0.05) is 38.8 Å². The van der Waals surface area contributed by atoms with Gasteiger partial charge in [-0.2, -0.15) is 5.26 Å². The fourth-order valence-corrected chi connectivity index (χ4v) is 2.95. The molecule has 4 heteroatoms. The summed E-state index contributed by atoms with van der Waals surface area (Å²) in [5.74, 6) is 1.12. The molecule has 0 bridgehead atoms. The van der Waals surface area contributed by atoms with Crippen molar-refractivity contribution in [3.05, 3.63) is 41.1 Å². The van der Waals surface area contributed by atoms with Crippen molar-refractivity contribution in [3.8, 4) is 22.9 Å². The minimum absolute atomic E-state index is 0.328. The number of hydrogen-bond donors (Lipinski definition) is 1. The molecule has 0 fully saturated rings. The summed E-state index contributed by atoms with van der Waals surface area (Å²) in [6.45, 7) is 4.31. The van der Waals surface area contributed by atoms with E-state index in [0.29, 0.717) is 11.4 Å². The Morgan fingerprint density at radius 2 is 1.83 bits per heavy atom. The molecule has 24 heavy (non-hydrogen) atoms. The molecule has 0 atom stereocenters. The van der Waals surface area contributed by atoms with Crippen molar-refractivity contribution in [2.24, 2.45) is 0 Å². The van der Waals surface area contributed by atoms with E-state index >= 15 is 0 Å². The molecule has 0 saturated carbocycles. The van der Waals surface area contributed by atoms with Crippen LogP contribution in [0, 0.1) is 11.3 Å². The lowest BCUT2D eigenvalue weighted by Gasteiger charge is -2.17. The van der Waals surface area contributed by atoms with Crippen molar-refractivity contribution in [1.29, 1.82) is 5.26 Å². The Balaban J connectivity index is 2.68. The van der Waals surface area contributed by atoms with Gasteiger partial charge in [0.15, 0.2) is 0 Å². The largest absolute Gasteiger partial charge is 0.497 e. The lowest BCUT2D eigenvalue weighted by molar-refractivity contribution is 0.415. The molecule has 1 aromatic heterocycles. The molecule has 2 aromatic rings. The van der Waals surface area contributed by atoms with E-state index in [0.717, 1.165) is 60.2 Å². The summed E-state index contributed by atoms with van der Waals surface area (Å²) < 4.78 is 5.24. The molecule has 1 heterocycles. The molecule has 2 rings (SSSR count). The first kappa shape index (κ1) is 17.8. The van der Waals surface area contributed by atoms with Crippen molar-refractivity contribution >= 4 is 5.82 Å². The van der Waals surface area contributed by atoms with Gasteiger partial charge >= 0.3 is 0 Å². The van der Waals surface area contributed by atoms with E-state index in [4.69, 9.17) is 10.5 Å². The highest BCUT2D eigenvalue weighted by atomic mass is 16.5. The van der Waals surface area contributed by atoms with Crippen molar-refractivity contribution in [1.82, 2.24) is 4.98 Å². The van der Waals surface area contributed by atoms with E-state index < -0.39 is 0 Å². The summed E-state index contributed by atoms with van der Waals surface area (Å²) in [5, 5.41) is 9.63. The third-order valence-electron chi connectivity index (χ3n) is 4.17. The highest BCUT2D eigenvalue weighted by molar-refractivity contribution is 5.79. The zero-order valence-electron chi connectivity index (χ0n) is 14.7. The van der Waals surface area contributed by atoms with E-state index in [1.165, 1.54) is 0 Å². The zero-order chi connectivity index (χ0) is 17.5. The van der Waals surface area contributed by atoms with Gasteiger partial charge in [0, 0.05) is 11.3 Å². The van der Waals surface area contributed by atoms with Crippen molar-refractivity contribution < 1.29 is 4.74 Å². The molecule has 126 valence electrons. The summed E-state index contributed by atoms with van der Waals surface area (Å²) in [5.41, 5.74) is 10.7. The van der Waals surface area contributed by atoms with E-state index in [9.17, 15) is 5.26 Å². The molecule has 0 saturated heterocycles. The number of benzene rings is 1. The Bertz CT molecular complexity index is 730. The number of nitrogens with two attached hydrogens (primary N) is 1. The van der Waals surface area contributed by atoms with Crippen LogP contribution in [0.5, 0.6) is 5.75 Å². The summed E-state index contributed by atoms with van der Waals surface area (Å²) in [6.07, 6.45) is 4.95. The molecular formula is C20H25N3O. The number of hydrogen-bond acceptors (Lipinski definition) is 4. The molecule has 0 amide bonds. The Hall–Kier alpha value is -2.54. The maximum Gasteiger partial charge on any atom is 0.142 e. The van der Waals surface area contributed by atoms with Crippen LogP contribution in [0.1, 0.15) is 49.9 Å². The lowest BCUT2D eigenvalue weighted by Crippen LogP contribution is -2.08. The number of unbranched alkanes of at least 4 members (excludes halogenated alkanes) is 1. The number of ether oxygens (including phenoxy) is 1. The summed E-state index contributed by atoms with van der Waals surface area (Å²) in [6, 6.07) is 10.0. The number of methoxy groups -OCH3 is 1. The Kier molecular flexibility index (Phi) is 6.20. The number of rotatable bonds is 7. The average Bonchev–Trinajstić information content (AvgIpc) is 2.61. The Labute approximate surface area is 144 Å². The number of nitriles is 1. The highest BCUT2D eigenvalue weighted by Gasteiger charge is 2.19. The second-order valence-electron chi connectivity index (χ2n) is 5.87. The van der Waals surface area contributed by atoms with Gasteiger partial charge in [-0.05, 0) is 42.5 Å². The van der Waals surface area contributed by atoms with Gasteiger partial charge in [0.25, 0.3) is 0 Å². The molecule has 0 aliphatic carbocycles. The number of aromatic nitrogens is 1. The Morgan fingerprint density at radius 1 is 1.12 bits per heavy atom. The summed E-state index contributed by atoms with van der Waals surface area (Å²) >= 11 is 0. The molecule has 0 unspecified atom stereocenters. The number of anilines is 1. The van der Waals surface area contributed by atoms with Gasteiger partial charge in [0.05, 0.1) is 7.11 Å². The van der Waals surface area contributed by atoms with Crippen LogP contribution < -0.4 is 10.5 Å². The molecule has 1 aromatic carbocycles. The highest BCUT2D eigenvalue weighted by Crippen LogP contribution is 2.34. The van der Waals surface area contributed by atoms with E-state index in [2.05, 4.69) is 24.9 Å². The fraction of sp³-hybridized carbons (Fsp3) is 0.400. The molecule has 0 aliphatic rings. The molecular weight excluding hydrogens is 298 g/mol. The predicted molar refractivity (Wildman–Crippen MR) is 98.0 cm³/mol. The van der Waals surface area contributed by atoms with Gasteiger partial charge in [0.1, 0.15) is 23.2 Å². The van der Waals surface area contributed by atoms with E-state index in [1.807, 2.05) is 24.3 Å². The number of pyridine rings is 1. The zero-order valence-corrected chi connectivity index (χ0v) is 14.7. The summed E-state index contributed by atoms with van der Waals surface area (Å²) in [7, 11) is 1.64. The monoisotopic (exact) mass is 323 g/mol. The van der Waals surface area contributed by atoms with Crippen LogP contribution in [0.4, 0.5) is 5.82 Å². The molecule has 0 aliphatic heterocycles. The second kappa shape index (κ2) is 8.35. The SMILES string of the molecule is CCCCc1nc(N)c(C#N)c(-c2ccc(OC)cc2)c1CCC. The fourth-order valence-electron chi connectivity index (χ4n) is 2.95. The normalized spacial score (nSPS) is 10.4. The van der Waals surface area contributed by atoms with Crippen LogP contribution in [0.15, 0.2) is 24.3 Å². The first-order chi connectivity index (χ1) is 11.7. The van der Waals surface area contributed by atoms with Gasteiger partial charge < -0.3 is 10.5 Å². The van der Waals surface area contributed by atoms with Crippen molar-refractivity contribution in [3.63, 3.8) is 0 Å². The van der Waals surface area contributed by atoms with Crippen LogP contribution in [0.3, 0.4) is 0 Å². The molecule has 2 N–H and O–H groups in total. The van der Waals surface area contributed by atoms with Crippen LogP contribution in [-0.4, -0.2) is 12.1 Å². The first-order valence-electron chi connectivity index (χ1n) is 8.51. The smallest absolute Gasteiger partial charge is 0.142 e. The molecule has 4 nitrogen and oxygen atoms in total. The first-order valence-corrected chi connectivity index (χ1v) is 8.51. The second-order valence-corrected chi connectivity index (χ2v) is 5.87. The topological polar surface area (TPSA) is 71.9 Å². The number of nitrogens with zero attached hydrogens (tertiary/aromatic N) is 2. The maximum absolute atomic E-state index is 9.63. The van der Waals surface area contributed by atoms with Gasteiger partial charge in [0.2, 0.25) is 0 Å². The van der Waals surface area contributed by atoms with Crippen LogP contribution >= 0.6 is 0 Å². The summed E-state index contributed by atoms with van der Waals surface area (Å²) in [4.78, 5) is 4.55. The van der Waals surface area contributed by atoms with Crippen LogP contribution in [-0.2, 0) is 12.8 Å². The predicted octanol–water partition coefficient (Wildman–Crippen LogP) is 4.51. The molecule has 0 radical (unpaired) electrons. The minimum atomic E-state index is 0.328. The number of aryl methyl sites for hydroxylation is 1. The maximum atomic E-state index is 9.63. The molecule has 0 spiro atoms. The van der Waals surface area contributed by atoms with Gasteiger partial charge in [-0.25, -0.2) is 4.98 Å². The Morgan fingerprint density at radius 3 is 2.38 bits per heavy atom. The minimum Gasteiger partial charge on any atom is -0.497 e. The lowest BCUT2D eigenvalue weighted by atomic mass is 9.90. The van der Waals surface area contributed by atoms with Gasteiger partial charge in [-0.15, -0.1) is 0 Å².